The highest BCUT2D eigenvalue weighted by molar-refractivity contribution is 7.89. The molecule has 0 fully saturated rings. The molecule has 0 spiro atoms. The van der Waals surface area contributed by atoms with Gasteiger partial charge in [0.2, 0.25) is 10.0 Å². The van der Waals surface area contributed by atoms with Crippen LogP contribution < -0.4 is 4.72 Å². The van der Waals surface area contributed by atoms with Crippen LogP contribution in [0.4, 0.5) is 0 Å². The number of H-pyrrole nitrogens is 1. The number of aromatic nitrogens is 1. The van der Waals surface area contributed by atoms with Crippen LogP contribution in [0.1, 0.15) is 28.8 Å². The van der Waals surface area contributed by atoms with Crippen molar-refractivity contribution in [3.05, 3.63) is 64.8 Å². The normalized spacial score (nSPS) is 17.6. The maximum Gasteiger partial charge on any atom is 0.241 e. The average Bonchev–Trinajstić information content (AvgIpc) is 2.91. The van der Waals surface area contributed by atoms with Gasteiger partial charge in [0.05, 0.1) is 4.90 Å². The Hall–Kier alpha value is -2.11. The molecule has 1 aromatic heterocycles. The predicted octanol–water partition coefficient (Wildman–Crippen LogP) is 3.62. The third-order valence-corrected chi connectivity index (χ3v) is 6.72. The Morgan fingerprint density at radius 2 is 1.92 bits per heavy atom. The van der Waals surface area contributed by atoms with Gasteiger partial charge in [-0.1, -0.05) is 35.9 Å². The van der Waals surface area contributed by atoms with Gasteiger partial charge in [-0.25, -0.2) is 13.1 Å². The van der Waals surface area contributed by atoms with Crippen molar-refractivity contribution in [3.8, 4) is 0 Å². The zero-order chi connectivity index (χ0) is 17.6. The first kappa shape index (κ1) is 16.4. The van der Waals surface area contributed by atoms with Crippen molar-refractivity contribution in [3.63, 3.8) is 0 Å². The molecule has 0 saturated heterocycles. The standard InChI is InChI=1S/C20H22N2O2S/c1-13-7-10-20(14(2)11-13)25(23,24)22-15-8-9-17-16-5-3-4-6-18(16)21-19(17)12-15/h3-7,10-11,15,21-22H,8-9,12H2,1-2H3. The second-order valence-corrected chi connectivity index (χ2v) is 8.64. The van der Waals surface area contributed by atoms with E-state index in [1.54, 1.807) is 6.07 Å². The molecule has 1 aliphatic rings. The second kappa shape index (κ2) is 6.00. The van der Waals surface area contributed by atoms with Crippen molar-refractivity contribution in [2.24, 2.45) is 0 Å². The Kier molecular flexibility index (Phi) is 3.93. The summed E-state index contributed by atoms with van der Waals surface area (Å²) in [5.74, 6) is 0. The molecule has 1 aliphatic carbocycles. The molecule has 4 nitrogen and oxygen atoms in total. The Bertz CT molecular complexity index is 1050. The number of benzene rings is 2. The monoisotopic (exact) mass is 354 g/mol. The summed E-state index contributed by atoms with van der Waals surface area (Å²) in [4.78, 5) is 3.83. The van der Waals surface area contributed by atoms with Crippen LogP contribution >= 0.6 is 0 Å². The van der Waals surface area contributed by atoms with Crippen LogP contribution in [0.3, 0.4) is 0 Å². The number of fused-ring (bicyclic) bond motifs is 3. The van der Waals surface area contributed by atoms with E-state index in [1.165, 1.54) is 10.9 Å². The lowest BCUT2D eigenvalue weighted by atomic mass is 9.92. The highest BCUT2D eigenvalue weighted by Gasteiger charge is 2.27. The van der Waals surface area contributed by atoms with Gasteiger partial charge in [-0.05, 0) is 49.9 Å². The minimum atomic E-state index is -3.50. The summed E-state index contributed by atoms with van der Waals surface area (Å²) in [6, 6.07) is 13.6. The van der Waals surface area contributed by atoms with Crippen LogP contribution in [0.2, 0.25) is 0 Å². The van der Waals surface area contributed by atoms with E-state index in [2.05, 4.69) is 21.8 Å². The Balaban J connectivity index is 1.59. The topological polar surface area (TPSA) is 62.0 Å². The fourth-order valence-electron chi connectivity index (χ4n) is 3.87. The van der Waals surface area contributed by atoms with E-state index in [4.69, 9.17) is 0 Å². The Morgan fingerprint density at radius 3 is 2.72 bits per heavy atom. The highest BCUT2D eigenvalue weighted by Crippen LogP contribution is 2.29. The van der Waals surface area contributed by atoms with E-state index in [0.717, 1.165) is 35.2 Å². The van der Waals surface area contributed by atoms with Crippen molar-refractivity contribution in [1.29, 1.82) is 0 Å². The molecule has 1 atom stereocenters. The molecule has 0 radical (unpaired) electrons. The molecule has 1 heterocycles. The zero-order valence-electron chi connectivity index (χ0n) is 14.5. The molecule has 2 N–H and O–H groups in total. The van der Waals surface area contributed by atoms with E-state index in [-0.39, 0.29) is 6.04 Å². The maximum absolute atomic E-state index is 12.8. The first-order chi connectivity index (χ1) is 11.9. The van der Waals surface area contributed by atoms with Gasteiger partial charge in [-0.3, -0.25) is 0 Å². The fraction of sp³-hybridized carbons (Fsp3) is 0.300. The van der Waals surface area contributed by atoms with E-state index in [0.29, 0.717) is 11.3 Å². The lowest BCUT2D eigenvalue weighted by Gasteiger charge is -2.24. The van der Waals surface area contributed by atoms with Gasteiger partial charge in [0.25, 0.3) is 0 Å². The van der Waals surface area contributed by atoms with Crippen molar-refractivity contribution in [2.45, 2.75) is 44.0 Å². The van der Waals surface area contributed by atoms with Gasteiger partial charge in [0.15, 0.2) is 0 Å². The van der Waals surface area contributed by atoms with Crippen molar-refractivity contribution >= 4 is 20.9 Å². The summed E-state index contributed by atoms with van der Waals surface area (Å²) in [6.45, 7) is 3.81. The van der Waals surface area contributed by atoms with E-state index in [1.807, 2.05) is 38.1 Å². The van der Waals surface area contributed by atoms with Crippen LogP contribution in [0, 0.1) is 13.8 Å². The van der Waals surface area contributed by atoms with Gasteiger partial charge >= 0.3 is 0 Å². The molecule has 0 aliphatic heterocycles. The number of aryl methyl sites for hydroxylation is 3. The van der Waals surface area contributed by atoms with E-state index >= 15 is 0 Å². The van der Waals surface area contributed by atoms with Gasteiger partial charge in [-0.15, -0.1) is 0 Å². The lowest BCUT2D eigenvalue weighted by molar-refractivity contribution is 0.505. The minimum Gasteiger partial charge on any atom is -0.358 e. The molecular formula is C20H22N2O2S. The quantitative estimate of drug-likeness (QED) is 0.755. The number of aromatic amines is 1. The first-order valence-electron chi connectivity index (χ1n) is 8.62. The molecule has 1 unspecified atom stereocenters. The molecule has 0 saturated carbocycles. The third kappa shape index (κ3) is 2.98. The average molecular weight is 354 g/mol. The van der Waals surface area contributed by atoms with Crippen LogP contribution in [-0.2, 0) is 22.9 Å². The Labute approximate surface area is 148 Å². The predicted molar refractivity (Wildman–Crippen MR) is 100 cm³/mol. The van der Waals surface area contributed by atoms with Gasteiger partial charge in [0, 0.05) is 29.1 Å². The van der Waals surface area contributed by atoms with Crippen LogP contribution in [0.25, 0.3) is 10.9 Å². The molecule has 25 heavy (non-hydrogen) atoms. The van der Waals surface area contributed by atoms with Gasteiger partial charge < -0.3 is 4.98 Å². The molecule has 5 heteroatoms. The summed E-state index contributed by atoms with van der Waals surface area (Å²) >= 11 is 0. The van der Waals surface area contributed by atoms with E-state index < -0.39 is 10.0 Å². The van der Waals surface area contributed by atoms with Crippen LogP contribution in [0.15, 0.2) is 47.4 Å². The molecule has 0 bridgehead atoms. The van der Waals surface area contributed by atoms with Gasteiger partial charge in [0.1, 0.15) is 0 Å². The SMILES string of the molecule is Cc1ccc(S(=O)(=O)NC2CCc3c([nH]c4ccccc34)C2)c(C)c1. The number of rotatable bonds is 3. The number of nitrogens with one attached hydrogen (secondary N) is 2. The summed E-state index contributed by atoms with van der Waals surface area (Å²) in [6.07, 6.45) is 2.41. The third-order valence-electron chi connectivity index (χ3n) is 5.04. The van der Waals surface area contributed by atoms with Crippen molar-refractivity contribution in [2.75, 3.05) is 0 Å². The molecule has 3 aromatic rings. The summed E-state index contributed by atoms with van der Waals surface area (Å²) in [5, 5.41) is 1.26. The van der Waals surface area contributed by atoms with Crippen LogP contribution in [-0.4, -0.2) is 19.4 Å². The molecule has 0 amide bonds. The lowest BCUT2D eigenvalue weighted by Crippen LogP contribution is -2.39. The van der Waals surface area contributed by atoms with Crippen molar-refractivity contribution in [1.82, 2.24) is 9.71 Å². The fourth-order valence-corrected chi connectivity index (χ4v) is 5.36. The van der Waals surface area contributed by atoms with Crippen molar-refractivity contribution < 1.29 is 8.42 Å². The summed E-state index contributed by atoms with van der Waals surface area (Å²) in [7, 11) is -3.50. The smallest absolute Gasteiger partial charge is 0.241 e. The van der Waals surface area contributed by atoms with E-state index in [9.17, 15) is 8.42 Å². The molecule has 2 aromatic carbocycles. The molecule has 130 valence electrons. The number of hydrogen-bond donors (Lipinski definition) is 2. The molecular weight excluding hydrogens is 332 g/mol. The molecule has 4 rings (SSSR count). The van der Waals surface area contributed by atoms with Crippen LogP contribution in [0.5, 0.6) is 0 Å². The Morgan fingerprint density at radius 1 is 1.12 bits per heavy atom. The number of hydrogen-bond acceptors (Lipinski definition) is 2. The summed E-state index contributed by atoms with van der Waals surface area (Å²) in [5.41, 5.74) is 5.47. The largest absolute Gasteiger partial charge is 0.358 e. The van der Waals surface area contributed by atoms with Gasteiger partial charge in [-0.2, -0.15) is 0 Å². The highest BCUT2D eigenvalue weighted by atomic mass is 32.2. The zero-order valence-corrected chi connectivity index (χ0v) is 15.3. The second-order valence-electron chi connectivity index (χ2n) is 6.96. The number of para-hydroxylation sites is 1. The minimum absolute atomic E-state index is 0.0775. The first-order valence-corrected chi connectivity index (χ1v) is 10.1. The summed E-state index contributed by atoms with van der Waals surface area (Å²) < 4.78 is 28.5. The maximum atomic E-state index is 12.8. The number of sulfonamides is 1.